The van der Waals surface area contributed by atoms with E-state index in [-0.39, 0.29) is 0 Å². The summed E-state index contributed by atoms with van der Waals surface area (Å²) in [6, 6.07) is 40.3. The van der Waals surface area contributed by atoms with Crippen molar-refractivity contribution in [2.24, 2.45) is 0 Å². The van der Waals surface area contributed by atoms with Gasteiger partial charge in [0, 0.05) is 0 Å². The molecule has 4 aromatic carbocycles. The van der Waals surface area contributed by atoms with E-state index >= 15 is 0 Å². The van der Waals surface area contributed by atoms with Gasteiger partial charge in [0.2, 0.25) is 0 Å². The first-order chi connectivity index (χ1) is 15.1. The SMILES string of the molecule is O=C(O)/C=C(\c1ccccc1)P(Br)(c1ccccc1)(c1ccccc1)c1ccccc1. The molecule has 0 spiro atoms. The van der Waals surface area contributed by atoms with Gasteiger partial charge in [0.25, 0.3) is 0 Å². The average molecular weight is 489 g/mol. The molecule has 0 unspecified atom stereocenters. The summed E-state index contributed by atoms with van der Waals surface area (Å²) in [6.07, 6.45) is 1.37. The van der Waals surface area contributed by atoms with Crippen LogP contribution in [-0.4, -0.2) is 11.1 Å². The molecule has 4 aromatic rings. The molecule has 1 N–H and O–H groups in total. The van der Waals surface area contributed by atoms with E-state index in [0.717, 1.165) is 26.8 Å². The third-order valence-corrected chi connectivity index (χ3v) is 15.4. The Morgan fingerprint density at radius 1 is 0.613 bits per heavy atom. The molecule has 0 amide bonds. The minimum atomic E-state index is -3.59. The van der Waals surface area contributed by atoms with Gasteiger partial charge in [0.1, 0.15) is 0 Å². The predicted octanol–water partition coefficient (Wildman–Crippen LogP) is 5.95. The maximum absolute atomic E-state index is 12.2. The van der Waals surface area contributed by atoms with Crippen LogP contribution in [0.4, 0.5) is 0 Å². The summed E-state index contributed by atoms with van der Waals surface area (Å²) in [5.41, 5.74) is 0.871. The summed E-state index contributed by atoms with van der Waals surface area (Å²) in [5.74, 6) is -0.977. The zero-order valence-electron chi connectivity index (χ0n) is 16.8. The van der Waals surface area contributed by atoms with Crippen molar-refractivity contribution in [3.8, 4) is 0 Å². The van der Waals surface area contributed by atoms with Crippen molar-refractivity contribution in [1.29, 1.82) is 0 Å². The van der Waals surface area contributed by atoms with Gasteiger partial charge in [0.05, 0.1) is 0 Å². The van der Waals surface area contributed by atoms with E-state index in [2.05, 4.69) is 51.9 Å². The van der Waals surface area contributed by atoms with Gasteiger partial charge in [-0.1, -0.05) is 0 Å². The number of carboxylic acid groups (broad SMARTS) is 1. The van der Waals surface area contributed by atoms with Gasteiger partial charge in [0.15, 0.2) is 0 Å². The van der Waals surface area contributed by atoms with Gasteiger partial charge < -0.3 is 0 Å². The van der Waals surface area contributed by atoms with E-state index in [9.17, 15) is 9.90 Å². The number of hydrogen-bond acceptors (Lipinski definition) is 1. The zero-order chi connectivity index (χ0) is 21.8. The number of hydrogen-bond donors (Lipinski definition) is 1. The van der Waals surface area contributed by atoms with Crippen LogP contribution in [0.25, 0.3) is 5.31 Å². The topological polar surface area (TPSA) is 37.3 Å². The van der Waals surface area contributed by atoms with E-state index in [1.165, 1.54) is 6.08 Å². The molecule has 0 bridgehead atoms. The number of aliphatic carboxylic acids is 1. The van der Waals surface area contributed by atoms with Gasteiger partial charge in [-0.05, 0) is 0 Å². The monoisotopic (exact) mass is 488 g/mol. The van der Waals surface area contributed by atoms with Crippen molar-refractivity contribution in [3.05, 3.63) is 133 Å². The normalized spacial score (nSPS) is 13.2. The number of halogens is 1. The summed E-state index contributed by atoms with van der Waals surface area (Å²) < 4.78 is 0. The third kappa shape index (κ3) is 3.54. The molecule has 0 saturated heterocycles. The molecule has 0 aliphatic rings. The van der Waals surface area contributed by atoms with Crippen molar-refractivity contribution >= 4 is 48.0 Å². The first-order valence-electron chi connectivity index (χ1n) is 9.96. The van der Waals surface area contributed by atoms with Crippen LogP contribution in [0.3, 0.4) is 0 Å². The van der Waals surface area contributed by atoms with E-state index < -0.39 is 11.3 Å². The van der Waals surface area contributed by atoms with Crippen LogP contribution in [0.5, 0.6) is 0 Å². The molecule has 31 heavy (non-hydrogen) atoms. The molecule has 0 fully saturated rings. The Morgan fingerprint density at radius 3 is 1.26 bits per heavy atom. The van der Waals surface area contributed by atoms with E-state index in [0.29, 0.717) is 0 Å². The Balaban J connectivity index is 2.27. The Morgan fingerprint density at radius 2 is 0.935 bits per heavy atom. The van der Waals surface area contributed by atoms with Crippen LogP contribution in [0.2, 0.25) is 0 Å². The molecule has 0 saturated carbocycles. The number of benzene rings is 4. The van der Waals surface area contributed by atoms with Crippen LogP contribution in [0.15, 0.2) is 127 Å². The Bertz CT molecular complexity index is 1110. The fourth-order valence-corrected chi connectivity index (χ4v) is 12.1. The van der Waals surface area contributed by atoms with E-state index in [1.54, 1.807) is 0 Å². The second-order valence-electron chi connectivity index (χ2n) is 7.25. The molecule has 154 valence electrons. The van der Waals surface area contributed by atoms with Gasteiger partial charge in [-0.15, -0.1) is 0 Å². The van der Waals surface area contributed by atoms with E-state index in [4.69, 9.17) is 0 Å². The molecule has 0 aliphatic heterocycles. The molecule has 0 radical (unpaired) electrons. The Hall–Kier alpha value is -3.00. The summed E-state index contributed by atoms with van der Waals surface area (Å²) in [6.45, 7) is 0. The van der Waals surface area contributed by atoms with Crippen molar-refractivity contribution in [2.75, 3.05) is 0 Å². The summed E-state index contributed by atoms with van der Waals surface area (Å²) in [4.78, 5) is 12.2. The van der Waals surface area contributed by atoms with Crippen LogP contribution >= 0.6 is 20.8 Å². The summed E-state index contributed by atoms with van der Waals surface area (Å²) in [7, 11) is 0. The van der Waals surface area contributed by atoms with Crippen molar-refractivity contribution in [1.82, 2.24) is 0 Å². The molecule has 2 nitrogen and oxygen atoms in total. The number of rotatable bonds is 6. The fraction of sp³-hybridized carbons (Fsp3) is 0. The zero-order valence-corrected chi connectivity index (χ0v) is 19.3. The summed E-state index contributed by atoms with van der Waals surface area (Å²) in [5, 5.41) is 10.3. The standard InChI is InChI=1S/C27H22BrO2P/c28-31(23-15-7-2-8-16-23,24-17-9-3-10-18-24,25-19-11-4-12-20-25)26(21-27(29)30)22-13-5-1-6-14-22/h1-21H,(H,29,30)/b26-21+. The molecular weight excluding hydrogens is 467 g/mol. The van der Waals surface area contributed by atoms with Crippen LogP contribution in [-0.2, 0) is 4.79 Å². The minimum absolute atomic E-state index is 0.752. The maximum atomic E-state index is 12.2. The number of carbonyl (C=O) groups is 1. The van der Waals surface area contributed by atoms with Crippen LogP contribution < -0.4 is 15.9 Å². The molecular formula is C27H22BrO2P. The first kappa shape index (κ1) is 21.2. The quantitative estimate of drug-likeness (QED) is 0.269. The van der Waals surface area contributed by atoms with Gasteiger partial charge in [-0.2, -0.15) is 0 Å². The Kier molecular flexibility index (Phi) is 5.91. The van der Waals surface area contributed by atoms with Crippen molar-refractivity contribution in [2.45, 2.75) is 0 Å². The first-order valence-corrected chi connectivity index (χ1v) is 14.2. The fourth-order valence-electron chi connectivity index (χ4n) is 4.16. The van der Waals surface area contributed by atoms with Crippen molar-refractivity contribution < 1.29 is 9.90 Å². The van der Waals surface area contributed by atoms with Crippen LogP contribution in [0, 0.1) is 0 Å². The predicted molar refractivity (Wildman–Crippen MR) is 136 cm³/mol. The Labute approximate surface area is 190 Å². The molecule has 4 heteroatoms. The molecule has 0 aliphatic carbocycles. The van der Waals surface area contributed by atoms with Gasteiger partial charge in [-0.25, -0.2) is 0 Å². The molecule has 0 heterocycles. The molecule has 0 aromatic heterocycles. The third-order valence-electron chi connectivity index (χ3n) is 5.51. The van der Waals surface area contributed by atoms with Crippen molar-refractivity contribution in [3.63, 3.8) is 0 Å². The molecule has 4 rings (SSSR count). The number of carboxylic acids is 1. The average Bonchev–Trinajstić information content (AvgIpc) is 2.84. The molecule has 0 atom stereocenters. The second kappa shape index (κ2) is 8.63. The van der Waals surface area contributed by atoms with Crippen LogP contribution in [0.1, 0.15) is 5.56 Å². The van der Waals surface area contributed by atoms with E-state index in [1.807, 2.05) is 84.9 Å². The van der Waals surface area contributed by atoms with Gasteiger partial charge in [-0.3, -0.25) is 0 Å². The summed E-state index contributed by atoms with van der Waals surface area (Å²) >= 11 is 4.35. The van der Waals surface area contributed by atoms with Gasteiger partial charge >= 0.3 is 191 Å². The second-order valence-corrected chi connectivity index (χ2v) is 15.6.